The number of nitrogens with zero attached hydrogens (tertiary/aromatic N) is 4. The molecule has 2 heterocycles. The van der Waals surface area contributed by atoms with Crippen molar-refractivity contribution in [1.82, 2.24) is 25.1 Å². The van der Waals surface area contributed by atoms with Gasteiger partial charge in [0, 0.05) is 24.0 Å². The second-order valence-electron chi connectivity index (χ2n) is 7.53. The van der Waals surface area contributed by atoms with E-state index in [1.54, 1.807) is 12.5 Å². The van der Waals surface area contributed by atoms with Crippen LogP contribution < -0.4 is 5.32 Å². The highest BCUT2D eigenvalue weighted by Gasteiger charge is 2.24. The molecule has 4 rings (SSSR count). The van der Waals surface area contributed by atoms with Gasteiger partial charge in [-0.05, 0) is 42.9 Å². The van der Waals surface area contributed by atoms with Crippen LogP contribution in [0.25, 0.3) is 11.3 Å². The Morgan fingerprint density at radius 3 is 2.55 bits per heavy atom. The molecule has 1 amide bonds. The minimum atomic E-state index is 0.0204. The largest absolute Gasteiger partial charge is 0.392 e. The molecular weight excluding hydrogens is 366 g/mol. The fraction of sp³-hybridized carbons (Fsp3) is 0.364. The highest BCUT2D eigenvalue weighted by atomic mass is 16.3. The van der Waals surface area contributed by atoms with Crippen molar-refractivity contribution < 1.29 is 9.90 Å². The first-order chi connectivity index (χ1) is 14.2. The van der Waals surface area contributed by atoms with Gasteiger partial charge in [-0.15, -0.1) is 0 Å². The Morgan fingerprint density at radius 2 is 1.86 bits per heavy atom. The van der Waals surface area contributed by atoms with Gasteiger partial charge in [-0.1, -0.05) is 24.3 Å². The highest BCUT2D eigenvalue weighted by molar-refractivity contribution is 5.78. The molecule has 0 bridgehead atoms. The number of rotatable bonds is 6. The zero-order chi connectivity index (χ0) is 20.1. The lowest BCUT2D eigenvalue weighted by atomic mass is 9.91. The molecule has 7 nitrogen and oxygen atoms in total. The molecule has 0 saturated heterocycles. The number of amides is 1. The first-order valence-corrected chi connectivity index (χ1v) is 10.00. The quantitative estimate of drug-likeness (QED) is 0.674. The average Bonchev–Trinajstić information content (AvgIpc) is 3.26. The van der Waals surface area contributed by atoms with Crippen LogP contribution in [-0.2, 0) is 17.8 Å². The lowest BCUT2D eigenvalue weighted by Gasteiger charge is -2.29. The van der Waals surface area contributed by atoms with E-state index in [0.29, 0.717) is 12.5 Å². The monoisotopic (exact) mass is 391 g/mol. The Kier molecular flexibility index (Phi) is 5.95. The lowest BCUT2D eigenvalue weighted by molar-refractivity contribution is -0.121. The van der Waals surface area contributed by atoms with Gasteiger partial charge >= 0.3 is 0 Å². The number of nitrogens with one attached hydrogen (secondary N) is 1. The van der Waals surface area contributed by atoms with Crippen LogP contribution in [0.15, 0.2) is 55.2 Å². The predicted octanol–water partition coefficient (Wildman–Crippen LogP) is 2.68. The molecule has 0 radical (unpaired) electrons. The number of aromatic nitrogens is 4. The fourth-order valence-electron chi connectivity index (χ4n) is 3.84. The number of benzene rings is 1. The molecule has 0 unspecified atom stereocenters. The lowest BCUT2D eigenvalue weighted by Crippen LogP contribution is -2.38. The Bertz CT molecular complexity index is 931. The van der Waals surface area contributed by atoms with Crippen molar-refractivity contribution in [3.05, 3.63) is 66.4 Å². The number of hydrogen-bond donors (Lipinski definition) is 2. The van der Waals surface area contributed by atoms with E-state index in [0.717, 1.165) is 48.1 Å². The van der Waals surface area contributed by atoms with Crippen molar-refractivity contribution in [2.24, 2.45) is 0 Å². The third kappa shape index (κ3) is 4.86. The summed E-state index contributed by atoms with van der Waals surface area (Å²) in [5.74, 6) is 0.0512. The fourth-order valence-corrected chi connectivity index (χ4v) is 3.84. The summed E-state index contributed by atoms with van der Waals surface area (Å²) in [5, 5.41) is 16.8. The summed E-state index contributed by atoms with van der Waals surface area (Å²) >= 11 is 0. The van der Waals surface area contributed by atoms with E-state index < -0.39 is 0 Å². The minimum absolute atomic E-state index is 0.0204. The van der Waals surface area contributed by atoms with Crippen LogP contribution >= 0.6 is 0 Å². The summed E-state index contributed by atoms with van der Waals surface area (Å²) in [4.78, 5) is 20.6. The Labute approximate surface area is 169 Å². The first-order valence-electron chi connectivity index (χ1n) is 10.00. The van der Waals surface area contributed by atoms with Crippen molar-refractivity contribution in [2.75, 3.05) is 0 Å². The molecule has 3 aromatic rings. The van der Waals surface area contributed by atoms with E-state index in [9.17, 15) is 4.79 Å². The molecule has 150 valence electrons. The van der Waals surface area contributed by atoms with Gasteiger partial charge in [-0.2, -0.15) is 5.10 Å². The SMILES string of the molecule is O=C(Cc1ccc(CO)cc1)NC1CCC(n2cc(-c3ccncn3)cn2)CC1. The number of carbonyl (C=O) groups is 1. The van der Waals surface area contributed by atoms with Crippen molar-refractivity contribution >= 4 is 5.91 Å². The van der Waals surface area contributed by atoms with Gasteiger partial charge in [0.1, 0.15) is 6.33 Å². The van der Waals surface area contributed by atoms with Gasteiger partial charge in [-0.25, -0.2) is 9.97 Å². The molecule has 1 saturated carbocycles. The Morgan fingerprint density at radius 1 is 1.10 bits per heavy atom. The number of carbonyl (C=O) groups excluding carboxylic acids is 1. The van der Waals surface area contributed by atoms with E-state index in [-0.39, 0.29) is 18.6 Å². The molecule has 1 aliphatic carbocycles. The van der Waals surface area contributed by atoms with Crippen molar-refractivity contribution in [3.63, 3.8) is 0 Å². The molecule has 7 heteroatoms. The molecule has 0 spiro atoms. The van der Waals surface area contributed by atoms with Crippen molar-refractivity contribution in [2.45, 2.75) is 50.8 Å². The van der Waals surface area contributed by atoms with E-state index in [1.165, 1.54) is 0 Å². The molecule has 2 aromatic heterocycles. The van der Waals surface area contributed by atoms with Crippen LogP contribution in [0.5, 0.6) is 0 Å². The highest BCUT2D eigenvalue weighted by Crippen LogP contribution is 2.29. The maximum atomic E-state index is 12.4. The van der Waals surface area contributed by atoms with Gasteiger partial charge in [0.15, 0.2) is 0 Å². The molecule has 1 aromatic carbocycles. The second kappa shape index (κ2) is 8.96. The third-order valence-electron chi connectivity index (χ3n) is 5.49. The summed E-state index contributed by atoms with van der Waals surface area (Å²) in [6.07, 6.45) is 11.4. The normalized spacial score (nSPS) is 19.1. The minimum Gasteiger partial charge on any atom is -0.392 e. The average molecular weight is 391 g/mol. The van der Waals surface area contributed by atoms with Crippen LogP contribution in [0.3, 0.4) is 0 Å². The van der Waals surface area contributed by atoms with Gasteiger partial charge in [-0.3, -0.25) is 9.48 Å². The van der Waals surface area contributed by atoms with Gasteiger partial charge in [0.25, 0.3) is 0 Å². The standard InChI is InChI=1S/C22H25N5O2/c28-14-17-3-1-16(2-4-17)11-22(29)26-19-5-7-20(8-6-19)27-13-18(12-25-27)21-9-10-23-15-24-21/h1-4,9-10,12-13,15,19-20,28H,5-8,11,14H2,(H,26,29). The van der Waals surface area contributed by atoms with Crippen LogP contribution in [0.4, 0.5) is 0 Å². The molecule has 0 atom stereocenters. The van der Waals surface area contributed by atoms with E-state index in [1.807, 2.05) is 47.4 Å². The van der Waals surface area contributed by atoms with Crippen LogP contribution in [0, 0.1) is 0 Å². The molecule has 2 N–H and O–H groups in total. The number of aliphatic hydroxyl groups excluding tert-OH is 1. The molecular formula is C22H25N5O2. The van der Waals surface area contributed by atoms with Crippen LogP contribution in [-0.4, -0.2) is 36.8 Å². The molecule has 29 heavy (non-hydrogen) atoms. The number of aliphatic hydroxyl groups is 1. The third-order valence-corrected chi connectivity index (χ3v) is 5.49. The maximum Gasteiger partial charge on any atom is 0.224 e. The van der Waals surface area contributed by atoms with E-state index in [2.05, 4.69) is 20.4 Å². The predicted molar refractivity (Wildman–Crippen MR) is 109 cm³/mol. The molecule has 1 aliphatic rings. The molecule has 0 aliphatic heterocycles. The summed E-state index contributed by atoms with van der Waals surface area (Å²) in [6.45, 7) is 0.0204. The van der Waals surface area contributed by atoms with Gasteiger partial charge in [0.05, 0.1) is 31.0 Å². The molecule has 1 fully saturated rings. The zero-order valence-electron chi connectivity index (χ0n) is 16.2. The van der Waals surface area contributed by atoms with Crippen molar-refractivity contribution in [1.29, 1.82) is 0 Å². The van der Waals surface area contributed by atoms with Crippen LogP contribution in [0.2, 0.25) is 0 Å². The van der Waals surface area contributed by atoms with Crippen molar-refractivity contribution in [3.8, 4) is 11.3 Å². The van der Waals surface area contributed by atoms with Gasteiger partial charge in [0.2, 0.25) is 5.91 Å². The van der Waals surface area contributed by atoms with E-state index >= 15 is 0 Å². The summed E-state index contributed by atoms with van der Waals surface area (Å²) in [6, 6.07) is 9.95. The summed E-state index contributed by atoms with van der Waals surface area (Å²) in [5.41, 5.74) is 3.69. The Balaban J connectivity index is 1.27. The van der Waals surface area contributed by atoms with E-state index in [4.69, 9.17) is 5.11 Å². The zero-order valence-corrected chi connectivity index (χ0v) is 16.2. The van der Waals surface area contributed by atoms with Gasteiger partial charge < -0.3 is 10.4 Å². The number of hydrogen-bond acceptors (Lipinski definition) is 5. The second-order valence-corrected chi connectivity index (χ2v) is 7.53. The first kappa shape index (κ1) is 19.3. The summed E-state index contributed by atoms with van der Waals surface area (Å²) < 4.78 is 2.03. The smallest absolute Gasteiger partial charge is 0.224 e. The van der Waals surface area contributed by atoms with Crippen LogP contribution in [0.1, 0.15) is 42.9 Å². The topological polar surface area (TPSA) is 92.9 Å². The maximum absolute atomic E-state index is 12.4. The summed E-state index contributed by atoms with van der Waals surface area (Å²) in [7, 11) is 0. The Hall–Kier alpha value is -3.06.